The number of ether oxygens (including phenoxy) is 3. The van der Waals surface area contributed by atoms with E-state index in [0.717, 1.165) is 6.92 Å². The molecule has 16 nitrogen and oxygen atoms in total. The third-order valence-corrected chi connectivity index (χ3v) is 5.02. The Hall–Kier alpha value is -1.51. The lowest BCUT2D eigenvalue weighted by molar-refractivity contribution is -0.334. The number of hydrogen-bond acceptors (Lipinski definition) is 13. The second kappa shape index (κ2) is 9.96. The minimum atomic E-state index is -5.22. The second-order valence-corrected chi connectivity index (χ2v) is 7.85. The highest BCUT2D eigenvalue weighted by atomic mass is 32.3. The molecule has 1 amide bonds. The van der Waals surface area contributed by atoms with Crippen molar-refractivity contribution in [3.05, 3.63) is 0 Å². The van der Waals surface area contributed by atoms with Crippen LogP contribution in [0.25, 0.3) is 0 Å². The topological polar surface area (TPSA) is 259 Å². The Morgan fingerprint density at radius 3 is 2.13 bits per heavy atom. The highest BCUT2D eigenvalue weighted by Crippen LogP contribution is 2.30. The molecule has 2 saturated heterocycles. The third-order valence-electron chi connectivity index (χ3n) is 4.55. The van der Waals surface area contributed by atoms with E-state index >= 15 is 0 Å². The number of aliphatic hydroxyl groups excluding tert-OH is 5. The lowest BCUT2D eigenvalue weighted by atomic mass is 9.95. The number of carboxylic acids is 1. The summed E-state index contributed by atoms with van der Waals surface area (Å²) in [6.45, 7) is 0.0319. The normalized spacial score (nSPS) is 41.5. The molecule has 17 heteroatoms. The first kappa shape index (κ1) is 25.7. The van der Waals surface area contributed by atoms with Crippen molar-refractivity contribution in [2.75, 3.05) is 6.61 Å². The van der Waals surface area contributed by atoms with Gasteiger partial charge in [-0.1, -0.05) is 0 Å². The Labute approximate surface area is 174 Å². The number of nitrogens with one attached hydrogen (secondary N) is 1. The van der Waals surface area contributed by atoms with Gasteiger partial charge in [0.05, 0.1) is 6.61 Å². The Kier molecular flexibility index (Phi) is 8.27. The summed E-state index contributed by atoms with van der Waals surface area (Å²) in [4.78, 5) is 22.8. The maximum Gasteiger partial charge on any atom is 0.397 e. The number of aliphatic hydroxyl groups is 5. The zero-order valence-corrected chi connectivity index (χ0v) is 16.6. The molecular weight excluding hydrogens is 454 g/mol. The van der Waals surface area contributed by atoms with Gasteiger partial charge in [0.2, 0.25) is 5.91 Å². The summed E-state index contributed by atoms with van der Waals surface area (Å²) in [7, 11) is -5.22. The summed E-state index contributed by atoms with van der Waals surface area (Å²) >= 11 is 0. The molecule has 180 valence electrons. The lowest BCUT2D eigenvalue weighted by Gasteiger charge is -2.46. The van der Waals surface area contributed by atoms with Gasteiger partial charge < -0.3 is 50.2 Å². The number of hydrogen-bond donors (Lipinski definition) is 8. The van der Waals surface area contributed by atoms with Gasteiger partial charge >= 0.3 is 16.4 Å². The van der Waals surface area contributed by atoms with Crippen LogP contribution in [0.2, 0.25) is 0 Å². The van der Waals surface area contributed by atoms with E-state index in [1.807, 2.05) is 0 Å². The van der Waals surface area contributed by atoms with Gasteiger partial charge in [-0.05, 0) is 0 Å². The first-order valence-electron chi connectivity index (χ1n) is 8.72. The number of carbonyl (C=O) groups excluding carboxylic acids is 1. The van der Waals surface area contributed by atoms with Gasteiger partial charge in [0.25, 0.3) is 0 Å². The SMILES string of the molecule is CC(=O)N[C@@H]1[C@@H](O[C@@H]2O[C@H](C(=O)O)[C@@H](O)[C@H](O)[C@H]2O)[C@@H](OS(=O)(=O)O)[C@@H](CO)O[C@@H]1O. The fraction of sp³-hybridized carbons (Fsp3) is 0.857. The molecule has 0 aromatic heterocycles. The molecule has 2 fully saturated rings. The summed E-state index contributed by atoms with van der Waals surface area (Å²) in [6, 6.07) is -1.64. The summed E-state index contributed by atoms with van der Waals surface area (Å²) < 4.78 is 51.3. The molecule has 2 heterocycles. The quantitative estimate of drug-likeness (QED) is 0.159. The molecule has 0 unspecified atom stereocenters. The van der Waals surface area contributed by atoms with Crippen LogP contribution in [0.5, 0.6) is 0 Å². The van der Waals surface area contributed by atoms with Crippen LogP contribution in [0.4, 0.5) is 0 Å². The van der Waals surface area contributed by atoms with E-state index in [2.05, 4.69) is 9.50 Å². The van der Waals surface area contributed by atoms with Crippen molar-refractivity contribution in [1.82, 2.24) is 5.32 Å². The first-order chi connectivity index (χ1) is 14.3. The molecule has 2 aliphatic rings. The average molecular weight is 477 g/mol. The van der Waals surface area contributed by atoms with Gasteiger partial charge in [-0.25, -0.2) is 8.98 Å². The highest BCUT2D eigenvalue weighted by molar-refractivity contribution is 7.80. The number of amides is 1. The molecule has 10 atom stereocenters. The van der Waals surface area contributed by atoms with Crippen molar-refractivity contribution >= 4 is 22.3 Å². The molecule has 0 aliphatic carbocycles. The molecule has 0 aromatic rings. The van der Waals surface area contributed by atoms with Crippen molar-refractivity contribution in [1.29, 1.82) is 0 Å². The Bertz CT molecular complexity index is 761. The molecule has 2 aliphatic heterocycles. The number of rotatable bonds is 7. The Morgan fingerprint density at radius 1 is 1.03 bits per heavy atom. The van der Waals surface area contributed by atoms with Crippen LogP contribution >= 0.6 is 0 Å². The molecule has 31 heavy (non-hydrogen) atoms. The maximum atomic E-state index is 11.5. The summed E-state index contributed by atoms with van der Waals surface area (Å²) in [5, 5.41) is 60.6. The van der Waals surface area contributed by atoms with E-state index in [9.17, 15) is 43.5 Å². The van der Waals surface area contributed by atoms with Gasteiger partial charge in [-0.2, -0.15) is 8.42 Å². The predicted molar refractivity (Wildman–Crippen MR) is 91.2 cm³/mol. The minimum absolute atomic E-state index is 0.779. The summed E-state index contributed by atoms with van der Waals surface area (Å²) in [5.74, 6) is -2.52. The fourth-order valence-corrected chi connectivity index (χ4v) is 3.71. The monoisotopic (exact) mass is 477 g/mol. The van der Waals surface area contributed by atoms with E-state index < -0.39 is 90.2 Å². The van der Waals surface area contributed by atoms with Crippen LogP contribution in [0.1, 0.15) is 6.92 Å². The summed E-state index contributed by atoms with van der Waals surface area (Å²) in [6.07, 6.45) is -17.8. The van der Waals surface area contributed by atoms with Crippen molar-refractivity contribution < 1.29 is 71.6 Å². The molecule has 2 rings (SSSR count). The minimum Gasteiger partial charge on any atom is -0.479 e. The molecule has 0 saturated carbocycles. The van der Waals surface area contributed by atoms with Crippen LogP contribution < -0.4 is 5.32 Å². The number of aliphatic carboxylic acids is 1. The van der Waals surface area contributed by atoms with Gasteiger partial charge in [0.15, 0.2) is 18.7 Å². The zero-order chi connectivity index (χ0) is 23.7. The molecule has 8 N–H and O–H groups in total. The van der Waals surface area contributed by atoms with Crippen LogP contribution in [0, 0.1) is 0 Å². The maximum absolute atomic E-state index is 11.5. The largest absolute Gasteiger partial charge is 0.479 e. The zero-order valence-electron chi connectivity index (χ0n) is 15.8. The van der Waals surface area contributed by atoms with Crippen LogP contribution in [0.3, 0.4) is 0 Å². The van der Waals surface area contributed by atoms with Crippen molar-refractivity contribution in [3.8, 4) is 0 Å². The van der Waals surface area contributed by atoms with Crippen LogP contribution in [-0.2, 0) is 38.4 Å². The smallest absolute Gasteiger partial charge is 0.397 e. The van der Waals surface area contributed by atoms with Gasteiger partial charge in [0, 0.05) is 6.92 Å². The average Bonchev–Trinajstić information content (AvgIpc) is 2.64. The van der Waals surface area contributed by atoms with Crippen molar-refractivity contribution in [3.63, 3.8) is 0 Å². The first-order valence-corrected chi connectivity index (χ1v) is 10.1. The molecule has 0 aromatic carbocycles. The lowest BCUT2D eigenvalue weighted by Crippen LogP contribution is -2.68. The molecule has 0 spiro atoms. The van der Waals surface area contributed by atoms with Crippen molar-refractivity contribution in [2.24, 2.45) is 0 Å². The highest BCUT2D eigenvalue weighted by Gasteiger charge is 2.53. The molecule has 0 bridgehead atoms. The third kappa shape index (κ3) is 6.05. The van der Waals surface area contributed by atoms with Gasteiger partial charge in [-0.3, -0.25) is 9.35 Å². The standard InChI is InChI=1S/C14H23NO15S/c1-3(17)15-5-10(9(30-31(24,25)26)4(2-16)27-13(5)23)28-14-8(20)6(18)7(19)11(29-14)12(21)22/h4-11,13-14,16,18-20,23H,2H2,1H3,(H,15,17)(H,21,22)(H,24,25,26)/t4-,5-,6+,7+,8-,9+,10-,11+,13+,14-/m1/s1. The number of carboxylic acid groups (broad SMARTS) is 1. The van der Waals surface area contributed by atoms with E-state index in [1.54, 1.807) is 0 Å². The van der Waals surface area contributed by atoms with E-state index in [4.69, 9.17) is 23.9 Å². The van der Waals surface area contributed by atoms with Crippen molar-refractivity contribution in [2.45, 2.75) is 68.3 Å². The number of carbonyl (C=O) groups is 2. The van der Waals surface area contributed by atoms with E-state index in [1.165, 1.54) is 0 Å². The van der Waals surface area contributed by atoms with Gasteiger partial charge in [-0.15, -0.1) is 0 Å². The van der Waals surface area contributed by atoms with E-state index in [-0.39, 0.29) is 0 Å². The molecular formula is C14H23NO15S. The van der Waals surface area contributed by atoms with E-state index in [0.29, 0.717) is 0 Å². The van der Waals surface area contributed by atoms with Crippen LogP contribution in [-0.4, -0.2) is 123 Å². The van der Waals surface area contributed by atoms with Crippen LogP contribution in [0.15, 0.2) is 0 Å². The van der Waals surface area contributed by atoms with Gasteiger partial charge in [0.1, 0.15) is 42.7 Å². The fourth-order valence-electron chi connectivity index (χ4n) is 3.19. The Morgan fingerprint density at radius 2 is 1.65 bits per heavy atom. The Balaban J connectivity index is 2.42. The summed E-state index contributed by atoms with van der Waals surface area (Å²) in [5.41, 5.74) is 0. The predicted octanol–water partition coefficient (Wildman–Crippen LogP) is -5.33. The second-order valence-electron chi connectivity index (χ2n) is 6.80. The molecule has 0 radical (unpaired) electrons.